The molecule has 4 aromatic rings. The maximum atomic E-state index is 13.3. The average molecular weight is 617 g/mol. The van der Waals surface area contributed by atoms with Gasteiger partial charge in [-0.25, -0.2) is 4.79 Å². The number of anilines is 1. The Bertz CT molecular complexity index is 1660. The summed E-state index contributed by atoms with van der Waals surface area (Å²) in [6.07, 6.45) is -3.96. The van der Waals surface area contributed by atoms with E-state index in [1.807, 2.05) is 31.2 Å². The second-order valence-electron chi connectivity index (χ2n) is 11.0. The van der Waals surface area contributed by atoms with Crippen molar-refractivity contribution in [2.45, 2.75) is 44.4 Å². The number of fused-ring (bicyclic) bond motifs is 3. The first-order valence-corrected chi connectivity index (χ1v) is 14.9. The molecule has 0 saturated heterocycles. The van der Waals surface area contributed by atoms with Gasteiger partial charge >= 0.3 is 12.1 Å². The van der Waals surface area contributed by atoms with E-state index in [4.69, 9.17) is 4.74 Å². The van der Waals surface area contributed by atoms with Crippen LogP contribution >= 0.6 is 0 Å². The van der Waals surface area contributed by atoms with Gasteiger partial charge in [-0.3, -0.25) is 4.79 Å². The highest BCUT2D eigenvalue weighted by Crippen LogP contribution is 2.46. The van der Waals surface area contributed by atoms with E-state index in [9.17, 15) is 27.9 Å². The molecule has 5 rings (SSSR count). The monoisotopic (exact) mass is 616 g/mol. The summed E-state index contributed by atoms with van der Waals surface area (Å²) in [5, 5.41) is 16.1. The van der Waals surface area contributed by atoms with E-state index in [0.717, 1.165) is 45.5 Å². The van der Waals surface area contributed by atoms with Crippen LogP contribution in [0.1, 0.15) is 69.1 Å². The number of hydrogen-bond donors (Lipinski definition) is 3. The van der Waals surface area contributed by atoms with Crippen LogP contribution in [-0.4, -0.2) is 37.2 Å². The van der Waals surface area contributed by atoms with Crippen LogP contribution in [0.4, 0.5) is 18.9 Å². The van der Waals surface area contributed by atoms with Crippen LogP contribution < -0.4 is 10.6 Å². The van der Waals surface area contributed by atoms with Gasteiger partial charge in [-0.2, -0.15) is 13.2 Å². The van der Waals surface area contributed by atoms with Crippen molar-refractivity contribution in [2.24, 2.45) is 0 Å². The Morgan fingerprint density at radius 3 is 2.20 bits per heavy atom. The Labute approximate surface area is 260 Å². The number of benzene rings is 4. The van der Waals surface area contributed by atoms with Gasteiger partial charge < -0.3 is 20.5 Å². The maximum Gasteiger partial charge on any atom is 0.416 e. The Kier molecular flexibility index (Phi) is 9.58. The highest BCUT2D eigenvalue weighted by molar-refractivity contribution is 5.95. The van der Waals surface area contributed by atoms with Crippen molar-refractivity contribution in [3.05, 3.63) is 124 Å². The number of ether oxygens (including phenoxy) is 1. The zero-order valence-corrected chi connectivity index (χ0v) is 25.1. The van der Waals surface area contributed by atoms with Gasteiger partial charge in [0.2, 0.25) is 5.91 Å². The lowest BCUT2D eigenvalue weighted by molar-refractivity contribution is -0.137. The van der Waals surface area contributed by atoms with Crippen LogP contribution in [0.25, 0.3) is 11.1 Å². The largest absolute Gasteiger partial charge is 0.478 e. The minimum Gasteiger partial charge on any atom is -0.478 e. The average Bonchev–Trinajstić information content (AvgIpc) is 3.34. The molecule has 6 nitrogen and oxygen atoms in total. The summed E-state index contributed by atoms with van der Waals surface area (Å²) in [5.41, 5.74) is 6.20. The van der Waals surface area contributed by atoms with E-state index >= 15 is 0 Å². The van der Waals surface area contributed by atoms with Gasteiger partial charge in [-0.15, -0.1) is 0 Å². The number of aromatic carboxylic acids is 1. The molecule has 1 aliphatic rings. The highest BCUT2D eigenvalue weighted by Gasteiger charge is 2.32. The van der Waals surface area contributed by atoms with E-state index in [1.165, 1.54) is 19.2 Å². The molecule has 0 aliphatic heterocycles. The minimum atomic E-state index is -4.50. The lowest BCUT2D eigenvalue weighted by atomic mass is 9.93. The number of alkyl halides is 3. The third-order valence-corrected chi connectivity index (χ3v) is 8.40. The summed E-state index contributed by atoms with van der Waals surface area (Å²) in [5.74, 6) is -1.23. The summed E-state index contributed by atoms with van der Waals surface area (Å²) >= 11 is 0. The van der Waals surface area contributed by atoms with Crippen LogP contribution in [-0.2, 0) is 28.5 Å². The fraction of sp³-hybridized carbons (Fsp3) is 0.278. The topological polar surface area (TPSA) is 87.7 Å². The summed E-state index contributed by atoms with van der Waals surface area (Å²) in [7, 11) is 1.40. The molecule has 0 bridgehead atoms. The quantitative estimate of drug-likeness (QED) is 0.152. The molecular formula is C36H35F3N2O4. The molecule has 0 spiro atoms. The summed E-state index contributed by atoms with van der Waals surface area (Å²) in [4.78, 5) is 25.2. The molecule has 1 aliphatic carbocycles. The third kappa shape index (κ3) is 6.88. The van der Waals surface area contributed by atoms with Crippen molar-refractivity contribution in [1.82, 2.24) is 5.32 Å². The molecule has 4 aromatic carbocycles. The molecule has 1 atom stereocenters. The maximum absolute atomic E-state index is 13.3. The number of carbonyl (C=O) groups is 2. The van der Waals surface area contributed by atoms with Crippen molar-refractivity contribution in [2.75, 3.05) is 25.5 Å². The van der Waals surface area contributed by atoms with Crippen molar-refractivity contribution in [3.8, 4) is 11.1 Å². The van der Waals surface area contributed by atoms with Gasteiger partial charge in [0.05, 0.1) is 22.9 Å². The van der Waals surface area contributed by atoms with Crippen LogP contribution in [0.3, 0.4) is 0 Å². The minimum absolute atomic E-state index is 0.0280. The standard InChI is InChI=1S/C36H35F3N2O4/c1-3-25-22(17-18-40-33(42)20-31-28-13-6-4-11-26(28)27-12-5-7-14-29(27)31)15-16-30(35(43)44)34(25)41-21-32(45-2)23-9-8-10-24(19-23)36(37,38)39/h4-16,19,31-32,41H,3,17-18,20-21H2,1-2H3,(H,40,42)(H,43,44). The van der Waals surface area contributed by atoms with Gasteiger partial charge in [0.25, 0.3) is 0 Å². The molecule has 0 heterocycles. The lowest BCUT2D eigenvalue weighted by Gasteiger charge is -2.22. The van der Waals surface area contributed by atoms with Gasteiger partial charge in [-0.1, -0.05) is 73.7 Å². The number of amides is 1. The molecule has 234 valence electrons. The molecule has 9 heteroatoms. The smallest absolute Gasteiger partial charge is 0.416 e. The second-order valence-corrected chi connectivity index (χ2v) is 11.0. The fourth-order valence-corrected chi connectivity index (χ4v) is 6.23. The van der Waals surface area contributed by atoms with Crippen LogP contribution in [0.2, 0.25) is 0 Å². The summed E-state index contributed by atoms with van der Waals surface area (Å²) < 4.78 is 45.4. The Morgan fingerprint density at radius 2 is 1.60 bits per heavy atom. The molecule has 3 N–H and O–H groups in total. The predicted molar refractivity (Wildman–Crippen MR) is 168 cm³/mol. The molecule has 1 amide bonds. The number of rotatable bonds is 12. The van der Waals surface area contributed by atoms with Gasteiger partial charge in [0.1, 0.15) is 0 Å². The fourth-order valence-electron chi connectivity index (χ4n) is 6.23. The van der Waals surface area contributed by atoms with E-state index in [-0.39, 0.29) is 23.9 Å². The Morgan fingerprint density at radius 1 is 0.933 bits per heavy atom. The zero-order valence-electron chi connectivity index (χ0n) is 25.1. The van der Waals surface area contributed by atoms with Crippen molar-refractivity contribution in [1.29, 1.82) is 0 Å². The molecule has 0 saturated carbocycles. The molecule has 0 radical (unpaired) electrons. The molecule has 0 fully saturated rings. The number of carboxylic acids is 1. The van der Waals surface area contributed by atoms with Crippen molar-refractivity contribution in [3.63, 3.8) is 0 Å². The third-order valence-electron chi connectivity index (χ3n) is 8.40. The molecule has 1 unspecified atom stereocenters. The number of carbonyl (C=O) groups excluding carboxylic acids is 1. The first-order valence-electron chi connectivity index (χ1n) is 14.9. The number of nitrogens with one attached hydrogen (secondary N) is 2. The summed E-state index contributed by atoms with van der Waals surface area (Å²) in [6, 6.07) is 24.5. The van der Waals surface area contributed by atoms with Crippen LogP contribution in [0.15, 0.2) is 84.9 Å². The van der Waals surface area contributed by atoms with E-state index in [2.05, 4.69) is 34.9 Å². The molecule has 0 aromatic heterocycles. The summed E-state index contributed by atoms with van der Waals surface area (Å²) in [6.45, 7) is 2.32. The van der Waals surface area contributed by atoms with Crippen LogP contribution in [0.5, 0.6) is 0 Å². The molecule has 45 heavy (non-hydrogen) atoms. The van der Waals surface area contributed by atoms with Crippen molar-refractivity contribution >= 4 is 17.6 Å². The second kappa shape index (κ2) is 13.6. The number of halogens is 3. The Hall–Kier alpha value is -4.63. The van der Waals surface area contributed by atoms with E-state index in [1.54, 1.807) is 12.1 Å². The first-order chi connectivity index (χ1) is 21.6. The highest BCUT2D eigenvalue weighted by atomic mass is 19.4. The zero-order chi connectivity index (χ0) is 32.1. The van der Waals surface area contributed by atoms with Crippen LogP contribution in [0, 0.1) is 0 Å². The normalized spacial score (nSPS) is 13.2. The predicted octanol–water partition coefficient (Wildman–Crippen LogP) is 7.63. The van der Waals surface area contributed by atoms with Gasteiger partial charge in [0.15, 0.2) is 0 Å². The van der Waals surface area contributed by atoms with Gasteiger partial charge in [0, 0.05) is 32.5 Å². The number of carboxylic acid groups (broad SMARTS) is 1. The number of methoxy groups -OCH3 is 1. The van der Waals surface area contributed by atoms with Crippen molar-refractivity contribution < 1.29 is 32.6 Å². The Balaban J connectivity index is 1.28. The molecular weight excluding hydrogens is 581 g/mol. The SMILES string of the molecule is CCc1c(CCNC(=O)CC2c3ccccc3-c3ccccc32)ccc(C(=O)O)c1NCC(OC)c1cccc(C(F)(F)F)c1. The van der Waals surface area contributed by atoms with E-state index in [0.29, 0.717) is 37.1 Å². The lowest BCUT2D eigenvalue weighted by Crippen LogP contribution is -2.27. The first kappa shape index (κ1) is 31.8. The van der Waals surface area contributed by atoms with Gasteiger partial charge in [-0.05, 0) is 70.0 Å². The van der Waals surface area contributed by atoms with E-state index < -0.39 is 23.8 Å². The number of hydrogen-bond acceptors (Lipinski definition) is 4.